The molecular formula is C19H20BrN3O3S. The zero-order chi connectivity index (χ0) is 19.2. The number of fused-ring (bicyclic) bond motifs is 1. The molecular weight excluding hydrogens is 430 g/mol. The molecule has 1 heterocycles. The van der Waals surface area contributed by atoms with Gasteiger partial charge in [-0.25, -0.2) is 8.42 Å². The van der Waals surface area contributed by atoms with Crippen LogP contribution in [0.15, 0.2) is 45.8 Å². The number of aromatic nitrogens is 2. The van der Waals surface area contributed by atoms with Crippen LogP contribution in [0.5, 0.6) is 5.75 Å². The van der Waals surface area contributed by atoms with Crippen molar-refractivity contribution >= 4 is 36.9 Å². The number of hydrogen-bond donors (Lipinski definition) is 1. The zero-order valence-corrected chi connectivity index (χ0v) is 17.5. The lowest BCUT2D eigenvalue weighted by Crippen LogP contribution is -2.26. The zero-order valence-electron chi connectivity index (χ0n) is 15.1. The van der Waals surface area contributed by atoms with Gasteiger partial charge in [0.1, 0.15) is 5.75 Å². The van der Waals surface area contributed by atoms with E-state index in [4.69, 9.17) is 4.74 Å². The average Bonchev–Trinajstić information content (AvgIpc) is 3.41. The van der Waals surface area contributed by atoms with Crippen LogP contribution in [-0.4, -0.2) is 37.1 Å². The fourth-order valence-electron chi connectivity index (χ4n) is 3.17. The van der Waals surface area contributed by atoms with Crippen LogP contribution in [0.4, 0.5) is 0 Å². The van der Waals surface area contributed by atoms with Gasteiger partial charge >= 0.3 is 0 Å². The molecule has 2 aromatic carbocycles. The first-order valence-corrected chi connectivity index (χ1v) is 10.9. The van der Waals surface area contributed by atoms with Crippen molar-refractivity contribution in [3.8, 4) is 5.75 Å². The van der Waals surface area contributed by atoms with E-state index >= 15 is 0 Å². The lowest BCUT2D eigenvalue weighted by molar-refractivity contribution is 0.414. The van der Waals surface area contributed by atoms with Crippen molar-refractivity contribution in [2.24, 2.45) is 0 Å². The number of aromatic amines is 1. The maximum absolute atomic E-state index is 13.2. The molecule has 0 amide bonds. The van der Waals surface area contributed by atoms with E-state index in [-0.39, 0.29) is 11.4 Å². The summed E-state index contributed by atoms with van der Waals surface area (Å²) in [4.78, 5) is 0.259. The third-order valence-electron chi connectivity index (χ3n) is 4.88. The number of benzene rings is 2. The van der Waals surface area contributed by atoms with Crippen LogP contribution in [0.2, 0.25) is 0 Å². The Balaban J connectivity index is 1.68. The van der Waals surface area contributed by atoms with Gasteiger partial charge < -0.3 is 4.74 Å². The first-order valence-electron chi connectivity index (χ1n) is 8.67. The summed E-state index contributed by atoms with van der Waals surface area (Å²) in [6.07, 6.45) is 2.20. The molecule has 27 heavy (non-hydrogen) atoms. The number of hydrogen-bond acceptors (Lipinski definition) is 4. The molecule has 1 aliphatic rings. The molecule has 1 aromatic heterocycles. The number of ether oxygens (including phenoxy) is 1. The highest BCUT2D eigenvalue weighted by Crippen LogP contribution is 2.45. The maximum atomic E-state index is 13.2. The van der Waals surface area contributed by atoms with Crippen LogP contribution in [0.25, 0.3) is 10.9 Å². The molecule has 0 radical (unpaired) electrons. The molecule has 0 bridgehead atoms. The van der Waals surface area contributed by atoms with Crippen molar-refractivity contribution in [2.45, 2.75) is 30.2 Å². The van der Waals surface area contributed by atoms with Crippen molar-refractivity contribution < 1.29 is 13.2 Å². The molecule has 142 valence electrons. The minimum atomic E-state index is -3.66. The summed E-state index contributed by atoms with van der Waals surface area (Å²) in [5.74, 6) is 1.16. The Morgan fingerprint density at radius 3 is 2.56 bits per heavy atom. The van der Waals surface area contributed by atoms with Gasteiger partial charge in [0.2, 0.25) is 10.0 Å². The van der Waals surface area contributed by atoms with Crippen molar-refractivity contribution in [3.05, 3.63) is 52.1 Å². The first kappa shape index (κ1) is 18.5. The van der Waals surface area contributed by atoms with Crippen molar-refractivity contribution in [1.82, 2.24) is 14.5 Å². The van der Waals surface area contributed by atoms with E-state index in [9.17, 15) is 8.42 Å². The van der Waals surface area contributed by atoms with E-state index in [1.165, 1.54) is 4.31 Å². The lowest BCUT2D eigenvalue weighted by Gasteiger charge is -2.19. The highest BCUT2D eigenvalue weighted by atomic mass is 79.9. The number of rotatable bonds is 6. The summed E-state index contributed by atoms with van der Waals surface area (Å²) in [6.45, 7) is 0.275. The van der Waals surface area contributed by atoms with Gasteiger partial charge in [-0.15, -0.1) is 0 Å². The molecule has 0 unspecified atom stereocenters. The molecule has 0 saturated heterocycles. The molecule has 1 aliphatic carbocycles. The van der Waals surface area contributed by atoms with E-state index in [2.05, 4.69) is 26.1 Å². The largest absolute Gasteiger partial charge is 0.497 e. The number of halogens is 1. The topological polar surface area (TPSA) is 75.3 Å². The fraction of sp³-hybridized carbons (Fsp3) is 0.316. The van der Waals surface area contributed by atoms with Gasteiger partial charge in [-0.1, -0.05) is 12.1 Å². The Bertz CT molecular complexity index is 1090. The number of sulfonamides is 1. The average molecular weight is 450 g/mol. The van der Waals surface area contributed by atoms with Gasteiger partial charge in [0.15, 0.2) is 0 Å². The highest BCUT2D eigenvalue weighted by Gasteiger charge is 2.31. The summed E-state index contributed by atoms with van der Waals surface area (Å²) in [6, 6.07) is 10.8. The Morgan fingerprint density at radius 2 is 1.93 bits per heavy atom. The molecule has 0 atom stereocenters. The smallest absolute Gasteiger partial charge is 0.244 e. The molecule has 6 nitrogen and oxygen atoms in total. The van der Waals surface area contributed by atoms with E-state index in [0.717, 1.165) is 40.8 Å². The summed E-state index contributed by atoms with van der Waals surface area (Å²) in [5.41, 5.74) is 2.69. The Morgan fingerprint density at radius 1 is 1.22 bits per heavy atom. The molecule has 1 N–H and O–H groups in total. The minimum Gasteiger partial charge on any atom is -0.497 e. The predicted molar refractivity (Wildman–Crippen MR) is 107 cm³/mol. The van der Waals surface area contributed by atoms with Crippen LogP contribution in [-0.2, 0) is 16.6 Å². The van der Waals surface area contributed by atoms with Gasteiger partial charge in [-0.3, -0.25) is 5.10 Å². The Kier molecular flexibility index (Phi) is 4.73. The first-order chi connectivity index (χ1) is 12.9. The maximum Gasteiger partial charge on any atom is 0.244 e. The van der Waals surface area contributed by atoms with Crippen LogP contribution in [0.1, 0.15) is 30.0 Å². The van der Waals surface area contributed by atoms with Crippen molar-refractivity contribution in [1.29, 1.82) is 0 Å². The minimum absolute atomic E-state index is 0.259. The SMILES string of the molecule is COc1ccc(CN(C)S(=O)(=O)c2ccc3[nH]nc(C4CC4)c3c2Br)cc1. The standard InChI is InChI=1S/C19H20BrN3O3S/c1-23(11-12-3-7-14(26-2)8-4-12)27(24,25)16-10-9-15-17(18(16)20)19(22-21-15)13-5-6-13/h3-4,7-10,13H,5-6,11H2,1-2H3,(H,21,22). The summed E-state index contributed by atoms with van der Waals surface area (Å²) < 4.78 is 33.5. The third kappa shape index (κ3) is 3.37. The molecule has 4 rings (SSSR count). The molecule has 1 fully saturated rings. The lowest BCUT2D eigenvalue weighted by atomic mass is 10.1. The summed E-state index contributed by atoms with van der Waals surface area (Å²) in [7, 11) is -0.469. The van der Waals surface area contributed by atoms with E-state index < -0.39 is 10.0 Å². The van der Waals surface area contributed by atoms with Gasteiger partial charge in [-0.2, -0.15) is 9.40 Å². The Labute approximate surface area is 166 Å². The van der Waals surface area contributed by atoms with E-state index in [1.807, 2.05) is 24.3 Å². The number of nitrogens with one attached hydrogen (secondary N) is 1. The van der Waals surface area contributed by atoms with Crippen LogP contribution in [0.3, 0.4) is 0 Å². The van der Waals surface area contributed by atoms with E-state index in [1.54, 1.807) is 26.3 Å². The molecule has 1 saturated carbocycles. The van der Waals surface area contributed by atoms with Crippen molar-refractivity contribution in [3.63, 3.8) is 0 Å². The quantitative estimate of drug-likeness (QED) is 0.616. The monoisotopic (exact) mass is 449 g/mol. The molecule has 0 spiro atoms. The third-order valence-corrected chi connectivity index (χ3v) is 7.81. The number of nitrogens with zero attached hydrogens (tertiary/aromatic N) is 2. The second kappa shape index (κ2) is 6.92. The van der Waals surface area contributed by atoms with Crippen LogP contribution >= 0.6 is 15.9 Å². The molecule has 8 heteroatoms. The van der Waals surface area contributed by atoms with Crippen LogP contribution < -0.4 is 4.74 Å². The number of H-pyrrole nitrogens is 1. The number of methoxy groups -OCH3 is 1. The van der Waals surface area contributed by atoms with E-state index in [0.29, 0.717) is 10.4 Å². The van der Waals surface area contributed by atoms with Gasteiger partial charge in [0.25, 0.3) is 0 Å². The molecule has 0 aliphatic heterocycles. The highest BCUT2D eigenvalue weighted by molar-refractivity contribution is 9.10. The van der Waals surface area contributed by atoms with Crippen LogP contribution in [0, 0.1) is 0 Å². The summed E-state index contributed by atoms with van der Waals surface area (Å²) >= 11 is 3.53. The fourth-order valence-corrected chi connectivity index (χ4v) is 5.56. The normalized spacial score (nSPS) is 14.8. The second-order valence-electron chi connectivity index (χ2n) is 6.79. The van der Waals surface area contributed by atoms with Gasteiger partial charge in [-0.05, 0) is 58.6 Å². The van der Waals surface area contributed by atoms with Crippen molar-refractivity contribution in [2.75, 3.05) is 14.2 Å². The predicted octanol–water partition coefficient (Wildman–Crippen LogP) is 4.03. The Hall–Kier alpha value is -1.90. The van der Waals surface area contributed by atoms with Gasteiger partial charge in [0.05, 0.1) is 23.2 Å². The van der Waals surface area contributed by atoms with Gasteiger partial charge in [0, 0.05) is 29.4 Å². The second-order valence-corrected chi connectivity index (χ2v) is 9.60. The molecule has 3 aromatic rings. The summed E-state index contributed by atoms with van der Waals surface area (Å²) in [5, 5.41) is 8.28.